The molecule has 1 N–H and O–H groups in total. The lowest BCUT2D eigenvalue weighted by Gasteiger charge is -2.34. The topological polar surface area (TPSA) is 74.6 Å². The minimum Gasteiger partial charge on any atom is -0.493 e. The van der Waals surface area contributed by atoms with Crippen LogP contribution in [0.5, 0.6) is 11.5 Å². The minimum absolute atomic E-state index is 0.112. The lowest BCUT2D eigenvalue weighted by molar-refractivity contribution is -0.118. The molecule has 1 fully saturated rings. The fourth-order valence-corrected chi connectivity index (χ4v) is 3.18. The monoisotopic (exact) mass is 331 g/mol. The molecular formula is C18H25N3O3. The molecule has 1 aromatic carbocycles. The minimum atomic E-state index is -0.112. The summed E-state index contributed by atoms with van der Waals surface area (Å²) in [5.41, 5.74) is 0.803. The molecule has 1 aliphatic rings. The number of likely N-dealkylation sites (tertiary alicyclic amines) is 1. The highest BCUT2D eigenvalue weighted by atomic mass is 16.5. The van der Waals surface area contributed by atoms with Crippen molar-refractivity contribution in [3.8, 4) is 17.6 Å². The van der Waals surface area contributed by atoms with Gasteiger partial charge in [-0.05, 0) is 25.8 Å². The Morgan fingerprint density at radius 1 is 1.33 bits per heavy atom. The largest absolute Gasteiger partial charge is 0.493 e. The van der Waals surface area contributed by atoms with Crippen LogP contribution in [0.15, 0.2) is 12.1 Å². The van der Waals surface area contributed by atoms with Crippen LogP contribution in [0.4, 0.5) is 5.69 Å². The zero-order valence-corrected chi connectivity index (χ0v) is 14.6. The normalized spacial score (nSPS) is 17.8. The fourth-order valence-electron chi connectivity index (χ4n) is 3.18. The summed E-state index contributed by atoms with van der Waals surface area (Å²) in [5.74, 6) is 0.837. The summed E-state index contributed by atoms with van der Waals surface area (Å²) in [6.07, 6.45) is 4.55. The molecule has 1 aliphatic heterocycles. The molecule has 1 saturated heterocycles. The standard InChI is InChI=1S/C18H25N3O3/c1-4-14-7-5-6-8-21(14)12-18(22)20-15-10-17(24-3)16(23-2)9-13(15)11-19/h9-10,14H,4-8,12H2,1-3H3,(H,20,22)/t14-/m0/s1. The van der Waals surface area contributed by atoms with Crippen LogP contribution < -0.4 is 14.8 Å². The number of nitrogens with one attached hydrogen (secondary N) is 1. The van der Waals surface area contributed by atoms with Crippen LogP contribution in [0.25, 0.3) is 0 Å². The summed E-state index contributed by atoms with van der Waals surface area (Å²) < 4.78 is 10.4. The Kier molecular flexibility index (Phi) is 6.44. The van der Waals surface area contributed by atoms with E-state index in [2.05, 4.69) is 23.2 Å². The predicted octanol–water partition coefficient (Wildman–Crippen LogP) is 2.78. The summed E-state index contributed by atoms with van der Waals surface area (Å²) in [7, 11) is 3.04. The van der Waals surface area contributed by atoms with Crippen LogP contribution in [0, 0.1) is 11.3 Å². The smallest absolute Gasteiger partial charge is 0.238 e. The number of nitriles is 1. The van der Waals surface area contributed by atoms with Crippen molar-refractivity contribution >= 4 is 11.6 Å². The first kappa shape index (κ1) is 18.1. The molecular weight excluding hydrogens is 306 g/mol. The molecule has 0 aromatic heterocycles. The second kappa shape index (κ2) is 8.55. The van der Waals surface area contributed by atoms with Crippen molar-refractivity contribution in [1.82, 2.24) is 4.90 Å². The van der Waals surface area contributed by atoms with E-state index in [0.717, 1.165) is 25.8 Å². The molecule has 0 aliphatic carbocycles. The van der Waals surface area contributed by atoms with E-state index < -0.39 is 0 Å². The van der Waals surface area contributed by atoms with Gasteiger partial charge in [0.15, 0.2) is 11.5 Å². The summed E-state index contributed by atoms with van der Waals surface area (Å²) in [5, 5.41) is 12.1. The fraction of sp³-hybridized carbons (Fsp3) is 0.556. The number of nitrogens with zero attached hydrogens (tertiary/aromatic N) is 2. The van der Waals surface area contributed by atoms with Gasteiger partial charge in [0, 0.05) is 18.2 Å². The molecule has 1 amide bonds. The van der Waals surface area contributed by atoms with Crippen LogP contribution in [-0.4, -0.2) is 44.2 Å². The van der Waals surface area contributed by atoms with Gasteiger partial charge in [0.1, 0.15) is 6.07 Å². The molecule has 0 spiro atoms. The third-order valence-electron chi connectivity index (χ3n) is 4.49. The van der Waals surface area contributed by atoms with E-state index in [9.17, 15) is 10.1 Å². The van der Waals surface area contributed by atoms with E-state index in [-0.39, 0.29) is 5.91 Å². The first-order chi connectivity index (χ1) is 11.6. The maximum atomic E-state index is 12.4. The van der Waals surface area contributed by atoms with Gasteiger partial charge in [0.25, 0.3) is 0 Å². The highest BCUT2D eigenvalue weighted by Crippen LogP contribution is 2.33. The summed E-state index contributed by atoms with van der Waals surface area (Å²) in [4.78, 5) is 14.7. The molecule has 0 radical (unpaired) electrons. The number of hydrogen-bond acceptors (Lipinski definition) is 5. The third-order valence-corrected chi connectivity index (χ3v) is 4.49. The van der Waals surface area contributed by atoms with E-state index in [1.807, 2.05) is 0 Å². The molecule has 1 heterocycles. The van der Waals surface area contributed by atoms with Gasteiger partial charge < -0.3 is 14.8 Å². The number of anilines is 1. The van der Waals surface area contributed by atoms with E-state index >= 15 is 0 Å². The second-order valence-electron chi connectivity index (χ2n) is 5.94. The number of hydrogen-bond donors (Lipinski definition) is 1. The summed E-state index contributed by atoms with van der Waals surface area (Å²) >= 11 is 0. The lowest BCUT2D eigenvalue weighted by atomic mass is 10.00. The van der Waals surface area contributed by atoms with E-state index in [1.165, 1.54) is 20.6 Å². The van der Waals surface area contributed by atoms with Gasteiger partial charge in [-0.25, -0.2) is 0 Å². The zero-order chi connectivity index (χ0) is 17.5. The highest BCUT2D eigenvalue weighted by Gasteiger charge is 2.23. The van der Waals surface area contributed by atoms with Gasteiger partial charge in [-0.2, -0.15) is 5.26 Å². The van der Waals surface area contributed by atoms with Gasteiger partial charge in [-0.15, -0.1) is 0 Å². The van der Waals surface area contributed by atoms with Crippen molar-refractivity contribution in [2.24, 2.45) is 0 Å². The number of ether oxygens (including phenoxy) is 2. The Bertz CT molecular complexity index is 625. The van der Waals surface area contributed by atoms with Crippen molar-refractivity contribution in [1.29, 1.82) is 5.26 Å². The third kappa shape index (κ3) is 4.18. The summed E-state index contributed by atoms with van der Waals surface area (Å²) in [6.45, 7) is 3.45. The zero-order valence-electron chi connectivity index (χ0n) is 14.6. The van der Waals surface area contributed by atoms with Crippen molar-refractivity contribution in [2.75, 3.05) is 32.6 Å². The first-order valence-electron chi connectivity index (χ1n) is 8.32. The van der Waals surface area contributed by atoms with Crippen molar-refractivity contribution < 1.29 is 14.3 Å². The Balaban J connectivity index is 2.12. The Hall–Kier alpha value is -2.26. The highest BCUT2D eigenvalue weighted by molar-refractivity contribution is 5.94. The number of piperidine rings is 1. The molecule has 2 rings (SSSR count). The van der Waals surface area contributed by atoms with E-state index in [0.29, 0.717) is 35.3 Å². The van der Waals surface area contributed by atoms with Crippen molar-refractivity contribution in [3.63, 3.8) is 0 Å². The SMILES string of the molecule is CC[C@H]1CCCCN1CC(=O)Nc1cc(OC)c(OC)cc1C#N. The van der Waals surface area contributed by atoms with Crippen LogP contribution in [-0.2, 0) is 4.79 Å². The molecule has 1 aromatic rings. The molecule has 0 bridgehead atoms. The van der Waals surface area contributed by atoms with E-state index in [1.54, 1.807) is 12.1 Å². The number of amides is 1. The van der Waals surface area contributed by atoms with Crippen LogP contribution >= 0.6 is 0 Å². The Morgan fingerprint density at radius 2 is 2.04 bits per heavy atom. The average Bonchev–Trinajstić information content (AvgIpc) is 2.61. The number of carbonyl (C=O) groups is 1. The molecule has 24 heavy (non-hydrogen) atoms. The Morgan fingerprint density at radius 3 is 2.67 bits per heavy atom. The molecule has 1 atom stereocenters. The molecule has 0 unspecified atom stereocenters. The van der Waals surface area contributed by atoms with E-state index in [4.69, 9.17) is 9.47 Å². The van der Waals surface area contributed by atoms with Crippen molar-refractivity contribution in [2.45, 2.75) is 38.6 Å². The Labute approximate surface area is 143 Å². The van der Waals surface area contributed by atoms with Gasteiger partial charge in [-0.3, -0.25) is 9.69 Å². The number of benzene rings is 1. The lowest BCUT2D eigenvalue weighted by Crippen LogP contribution is -2.43. The van der Waals surface area contributed by atoms with Crippen LogP contribution in [0.2, 0.25) is 0 Å². The maximum absolute atomic E-state index is 12.4. The number of methoxy groups -OCH3 is 2. The molecule has 6 nitrogen and oxygen atoms in total. The average molecular weight is 331 g/mol. The van der Waals surface area contributed by atoms with Gasteiger partial charge in [-0.1, -0.05) is 13.3 Å². The van der Waals surface area contributed by atoms with Gasteiger partial charge >= 0.3 is 0 Å². The number of rotatable bonds is 6. The van der Waals surface area contributed by atoms with Crippen LogP contribution in [0.3, 0.4) is 0 Å². The maximum Gasteiger partial charge on any atom is 0.238 e. The predicted molar refractivity (Wildman–Crippen MR) is 92.4 cm³/mol. The first-order valence-corrected chi connectivity index (χ1v) is 8.32. The van der Waals surface area contributed by atoms with Gasteiger partial charge in [0.05, 0.1) is 32.0 Å². The van der Waals surface area contributed by atoms with Gasteiger partial charge in [0.2, 0.25) is 5.91 Å². The second-order valence-corrected chi connectivity index (χ2v) is 5.94. The molecule has 130 valence electrons. The molecule has 6 heteroatoms. The quantitative estimate of drug-likeness (QED) is 0.867. The van der Waals surface area contributed by atoms with Crippen LogP contribution in [0.1, 0.15) is 38.2 Å². The molecule has 0 saturated carbocycles. The summed E-state index contributed by atoms with van der Waals surface area (Å²) in [6, 6.07) is 5.75. The van der Waals surface area contributed by atoms with Crippen molar-refractivity contribution in [3.05, 3.63) is 17.7 Å². The number of carbonyl (C=O) groups excluding carboxylic acids is 1.